The maximum Gasteiger partial charge on any atom is 0.513 e. The molecular weight excluding hydrogens is 1300 g/mol. The van der Waals surface area contributed by atoms with Gasteiger partial charge in [0.2, 0.25) is 11.2 Å². The van der Waals surface area contributed by atoms with Crippen LogP contribution in [0.25, 0.3) is 11.0 Å². The molecule has 0 aliphatic carbocycles. The van der Waals surface area contributed by atoms with Crippen LogP contribution in [0.2, 0.25) is 0 Å². The first-order chi connectivity index (χ1) is 46.2. The Morgan fingerprint density at radius 3 is 1.57 bits per heavy atom. The molecule has 3 aliphatic heterocycles. The Kier molecular flexibility index (Phi) is 24.5. The average molecular weight is 1380 g/mol. The Bertz CT molecular complexity index is 4000. The highest BCUT2D eigenvalue weighted by Crippen LogP contribution is 2.51. The zero-order valence-corrected chi connectivity index (χ0v) is 56.2. The Labute approximate surface area is 558 Å². The quantitative estimate of drug-likeness (QED) is 0.0114. The number of nitrogen functional groups attached to an aromatic ring is 2. The van der Waals surface area contributed by atoms with Crippen molar-refractivity contribution in [2.24, 2.45) is 11.8 Å². The summed E-state index contributed by atoms with van der Waals surface area (Å²) in [6.45, 7) is 14.1. The summed E-state index contributed by atoms with van der Waals surface area (Å²) < 4.78 is 86.8. The first kappa shape index (κ1) is 74.1. The number of ether oxygens (including phenoxy) is 6. The second-order valence-corrected chi connectivity index (χ2v) is 26.5. The lowest BCUT2D eigenvalue weighted by Crippen LogP contribution is -2.41. The summed E-state index contributed by atoms with van der Waals surface area (Å²) in [5.74, 6) is -0.726. The summed E-state index contributed by atoms with van der Waals surface area (Å²) in [6.07, 6.45) is -0.747. The number of nitro benzene ring substituents is 1. The van der Waals surface area contributed by atoms with Gasteiger partial charge in [0.05, 0.1) is 42.7 Å². The number of esters is 2. The second-order valence-electron chi connectivity index (χ2n) is 23.2. The molecule has 0 radical (unpaired) electrons. The van der Waals surface area contributed by atoms with Gasteiger partial charge in [-0.1, -0.05) is 89.8 Å². The monoisotopic (exact) mass is 1380 g/mol. The van der Waals surface area contributed by atoms with Crippen LogP contribution in [0.3, 0.4) is 0 Å². The molecule has 10 rings (SSSR count). The number of aromatic nitrogens is 6. The molecule has 97 heavy (non-hydrogen) atoms. The van der Waals surface area contributed by atoms with Gasteiger partial charge < -0.3 is 68.8 Å². The van der Waals surface area contributed by atoms with E-state index in [1.54, 1.807) is 92.7 Å². The fourth-order valence-electron chi connectivity index (χ4n) is 10.6. The predicted octanol–water partition coefficient (Wildman–Crippen LogP) is 7.37. The van der Waals surface area contributed by atoms with Gasteiger partial charge in [-0.15, -0.1) is 0 Å². The maximum absolute atomic E-state index is 13.9. The molecule has 7 aromatic rings. The third kappa shape index (κ3) is 17.2. The molecule has 0 unspecified atom stereocenters. The highest BCUT2D eigenvalue weighted by Gasteiger charge is 2.65. The summed E-state index contributed by atoms with van der Waals surface area (Å²) in [4.78, 5) is 43.2. The number of fused-ring (bicyclic) bond motifs is 3. The molecule has 0 bridgehead atoms. The van der Waals surface area contributed by atoms with Crippen LogP contribution in [0.15, 0.2) is 122 Å². The van der Waals surface area contributed by atoms with E-state index in [4.69, 9.17) is 58.0 Å². The zero-order valence-electron chi connectivity index (χ0n) is 54.4. The van der Waals surface area contributed by atoms with Crippen LogP contribution in [0.1, 0.15) is 92.5 Å². The van der Waals surface area contributed by atoms with Crippen LogP contribution in [0.4, 0.5) is 17.3 Å². The molecule has 4 aromatic heterocycles. The van der Waals surface area contributed by atoms with Gasteiger partial charge in [-0.25, -0.2) is 28.1 Å². The van der Waals surface area contributed by atoms with Crippen molar-refractivity contribution in [3.8, 4) is 29.4 Å². The van der Waals surface area contributed by atoms with Gasteiger partial charge >= 0.3 is 27.4 Å². The van der Waals surface area contributed by atoms with Crippen molar-refractivity contribution in [3.63, 3.8) is 0 Å². The summed E-state index contributed by atoms with van der Waals surface area (Å²) >= 11 is 0. The van der Waals surface area contributed by atoms with E-state index < -0.39 is 105 Å². The first-order valence-electron chi connectivity index (χ1n) is 31.1. The number of nitrogens with zero attached hydrogens (tertiary/aromatic N) is 9. The zero-order chi connectivity index (χ0) is 70.5. The molecule has 0 amide bonds. The Balaban J connectivity index is 0.000000193. The summed E-state index contributed by atoms with van der Waals surface area (Å²) in [7, 11) is -8.41. The number of anilines is 2. The van der Waals surface area contributed by atoms with Crippen molar-refractivity contribution in [1.82, 2.24) is 39.4 Å². The number of rotatable bonds is 27. The van der Waals surface area contributed by atoms with Gasteiger partial charge in [0.15, 0.2) is 17.4 Å². The van der Waals surface area contributed by atoms with Crippen molar-refractivity contribution in [1.29, 1.82) is 10.5 Å². The first-order valence-corrected chi connectivity index (χ1v) is 34.2. The molecule has 0 spiro atoms. The minimum Gasteiger partial charge on any atom is -0.464 e. The van der Waals surface area contributed by atoms with E-state index in [1.165, 1.54) is 65.9 Å². The number of hydrogen-bond acceptors (Lipinski definition) is 27. The topological polar surface area (TPSA) is 448 Å². The summed E-state index contributed by atoms with van der Waals surface area (Å²) in [5.41, 5.74) is 9.55. The molecule has 3 aliphatic rings. The third-order valence-corrected chi connectivity index (χ3v) is 19.4. The van der Waals surface area contributed by atoms with E-state index in [2.05, 4.69) is 36.4 Å². The minimum atomic E-state index is -4.32. The maximum atomic E-state index is 13.9. The number of aliphatic hydroxyl groups is 3. The molecule has 34 heteroatoms. The molecule has 7 heterocycles. The Hall–Kier alpha value is -8.72. The lowest BCUT2D eigenvalue weighted by atomic mass is 9.92. The number of nitriles is 2. The molecule has 32 nitrogen and oxygen atoms in total. The summed E-state index contributed by atoms with van der Waals surface area (Å²) in [5, 5.41) is 75.9. The largest absolute Gasteiger partial charge is 0.513 e. The number of non-ortho nitro benzene ring substituents is 1. The van der Waals surface area contributed by atoms with Crippen molar-refractivity contribution >= 4 is 55.8 Å². The lowest BCUT2D eigenvalue weighted by Gasteiger charge is -2.28. The van der Waals surface area contributed by atoms with Crippen LogP contribution >= 0.6 is 15.5 Å². The average Bonchev–Trinajstić information content (AvgIpc) is 1.56. The van der Waals surface area contributed by atoms with Gasteiger partial charge in [0, 0.05) is 12.1 Å². The number of nitrogens with two attached hydrogens (primary N) is 2. The van der Waals surface area contributed by atoms with Crippen molar-refractivity contribution in [2.45, 2.75) is 147 Å². The molecule has 520 valence electrons. The van der Waals surface area contributed by atoms with Crippen LogP contribution in [0, 0.1) is 44.6 Å². The van der Waals surface area contributed by atoms with E-state index in [-0.39, 0.29) is 66.1 Å². The number of benzene rings is 3. The number of carbonyl (C=O) groups is 2. The number of nitro groups is 1. The summed E-state index contributed by atoms with van der Waals surface area (Å²) in [6, 6.07) is 30.0. The van der Waals surface area contributed by atoms with Crippen molar-refractivity contribution in [2.75, 3.05) is 37.9 Å². The van der Waals surface area contributed by atoms with Gasteiger partial charge in [-0.05, 0) is 100 Å². The molecule has 3 fully saturated rings. The minimum absolute atomic E-state index is 0.0787. The van der Waals surface area contributed by atoms with Crippen LogP contribution in [0.5, 0.6) is 17.2 Å². The molecule has 3 saturated heterocycles. The number of para-hydroxylation sites is 2. The van der Waals surface area contributed by atoms with E-state index >= 15 is 0 Å². The van der Waals surface area contributed by atoms with Crippen LogP contribution in [-0.2, 0) is 62.9 Å². The number of nitrogens with one attached hydrogen (secondary N) is 2. The fourth-order valence-corrected chi connectivity index (χ4v) is 13.7. The van der Waals surface area contributed by atoms with Gasteiger partial charge in [0.25, 0.3) is 5.69 Å². The standard InChI is InChI=1S/C27H35N6O8P.C21H27N2O7P.C15H17N5O4/c1-4-18(5-2)13-38-26(36)17(3)32-42(37,41-19-9-7-6-8-10-19)39-14-21-23(34)24(35)27(15-28,40-21)22-12-11-20-25(29)30-16-31-33(20)22;1-4-17(5-2)15-28-21(24)16(3)22-31(27,29-19-9-7-6-8-10-19)30-20-13-11-18(12-14-20)23(25)26;1-14(2)23-11-9(5-21)22-15(6-16,12(11)24-14)10-4-3-8-13(17)18-7-19-20(8)10/h6-12,16-18,21,23-24,34-35H,4-5,13-14H2,1-3H3,(H,32,37)(H2,29,30,31);6-14,16-17H,4-5,15H2,1-3H3,(H,22,27);3-4,7,9,11-12,21H,5H2,1-2H3,(H2,17,18,19)/t17-,21+,23+,24+,27-,42-;16-,31-;9-,11-,12-,15+/m001/s1. The van der Waals surface area contributed by atoms with Gasteiger partial charge in [-0.2, -0.15) is 30.9 Å². The third-order valence-electron chi connectivity index (χ3n) is 16.2. The lowest BCUT2D eigenvalue weighted by molar-refractivity contribution is -0.384. The SMILES string of the molecule is CC1(C)O[C@H]2[C@@H](O1)[C@](C#N)(c1ccc3c(N)ncnn13)O[C@@H]2CO.CCC(CC)COC(=O)[C@H](C)N[P@](=O)(OC[C@H]1O[C@@](C#N)(c2ccc3c(N)ncnn23)[C@H](O)[C@@H]1O)Oc1ccccc1.CCC(CC)COC(=O)[C@H](C)N[P@](=O)(Oc1ccccc1)Oc1ccc([N+](=O)[O-])cc1. The number of carbonyl (C=O) groups excluding carboxylic acids is 2. The van der Waals surface area contributed by atoms with Gasteiger partial charge in [-0.3, -0.25) is 24.2 Å². The molecule has 9 N–H and O–H groups in total. The van der Waals surface area contributed by atoms with E-state index in [9.17, 15) is 54.7 Å². The number of aliphatic hydroxyl groups excluding tert-OH is 3. The Morgan fingerprint density at radius 1 is 0.670 bits per heavy atom. The van der Waals surface area contributed by atoms with Crippen molar-refractivity contribution in [3.05, 3.63) is 143 Å². The Morgan fingerprint density at radius 2 is 1.11 bits per heavy atom. The molecular formula is C63H79N13O19P2. The van der Waals surface area contributed by atoms with Crippen LogP contribution < -0.4 is 35.2 Å². The molecule has 12 atom stereocenters. The van der Waals surface area contributed by atoms with E-state index in [0.717, 1.165) is 25.7 Å². The van der Waals surface area contributed by atoms with Gasteiger partial charge in [0.1, 0.15) is 102 Å². The highest BCUT2D eigenvalue weighted by atomic mass is 31.2. The highest BCUT2D eigenvalue weighted by molar-refractivity contribution is 7.52. The van der Waals surface area contributed by atoms with E-state index in [1.807, 2.05) is 33.8 Å². The fraction of sp³-hybridized carbons (Fsp3) is 0.460. The molecule has 3 aromatic carbocycles. The smallest absolute Gasteiger partial charge is 0.464 e. The second kappa shape index (κ2) is 32.1. The van der Waals surface area contributed by atoms with E-state index in [0.29, 0.717) is 22.5 Å². The normalized spacial score (nSPS) is 23.4. The predicted molar refractivity (Wildman–Crippen MR) is 346 cm³/mol. The molecule has 0 saturated carbocycles. The number of hydrogen-bond donors (Lipinski definition) is 7. The van der Waals surface area contributed by atoms with Crippen LogP contribution in [-0.4, -0.2) is 142 Å². The van der Waals surface area contributed by atoms with Crippen molar-refractivity contribution < 1.29 is 85.5 Å².